The highest BCUT2D eigenvalue weighted by molar-refractivity contribution is 5.16. The van der Waals surface area contributed by atoms with Crippen molar-refractivity contribution in [1.29, 1.82) is 0 Å². The summed E-state index contributed by atoms with van der Waals surface area (Å²) in [7, 11) is 0. The number of nitrogens with one attached hydrogen (secondary N) is 1. The van der Waals surface area contributed by atoms with E-state index in [1.807, 2.05) is 6.92 Å². The molecule has 0 saturated carbocycles. The minimum Gasteiger partial charge on any atom is -0.343 e. The first-order valence-corrected chi connectivity index (χ1v) is 5.48. The first-order valence-electron chi connectivity index (χ1n) is 5.48. The second kappa shape index (κ2) is 5.35. The van der Waals surface area contributed by atoms with Crippen LogP contribution in [0.3, 0.4) is 0 Å². The van der Waals surface area contributed by atoms with Gasteiger partial charge in [-0.05, 0) is 19.1 Å². The van der Waals surface area contributed by atoms with Gasteiger partial charge in [0.15, 0.2) is 5.82 Å². The number of halogens is 3. The summed E-state index contributed by atoms with van der Waals surface area (Å²) in [5.41, 5.74) is -0.259. The molecule has 19 heavy (non-hydrogen) atoms. The topological polar surface area (TPSA) is 63.8 Å². The van der Waals surface area contributed by atoms with E-state index in [0.717, 1.165) is 12.3 Å². The maximum absolute atomic E-state index is 12.3. The monoisotopic (exact) mass is 272 g/mol. The van der Waals surface area contributed by atoms with Gasteiger partial charge >= 0.3 is 6.18 Å². The maximum atomic E-state index is 12.3. The van der Waals surface area contributed by atoms with Gasteiger partial charge in [-0.2, -0.15) is 18.2 Å². The molecule has 8 heteroatoms. The molecule has 2 rings (SSSR count). The molecule has 2 heterocycles. The van der Waals surface area contributed by atoms with Gasteiger partial charge in [0.05, 0.1) is 17.3 Å². The van der Waals surface area contributed by atoms with E-state index >= 15 is 0 Å². The molecule has 1 unspecified atom stereocenters. The van der Waals surface area contributed by atoms with Crippen LogP contribution in [0.5, 0.6) is 0 Å². The fourth-order valence-electron chi connectivity index (χ4n) is 1.42. The van der Waals surface area contributed by atoms with Crippen molar-refractivity contribution >= 4 is 0 Å². The van der Waals surface area contributed by atoms with Gasteiger partial charge in [-0.1, -0.05) is 5.16 Å². The summed E-state index contributed by atoms with van der Waals surface area (Å²) in [6, 6.07) is 2.16. The Hall–Kier alpha value is -1.96. The summed E-state index contributed by atoms with van der Waals surface area (Å²) in [4.78, 5) is 7.62. The Labute approximate surface area is 106 Å². The van der Waals surface area contributed by atoms with Gasteiger partial charge in [0.1, 0.15) is 0 Å². The smallest absolute Gasteiger partial charge is 0.343 e. The van der Waals surface area contributed by atoms with Crippen molar-refractivity contribution in [2.24, 2.45) is 0 Å². The lowest BCUT2D eigenvalue weighted by atomic mass is 10.2. The summed E-state index contributed by atoms with van der Waals surface area (Å²) in [6.45, 7) is 2.13. The third-order valence-corrected chi connectivity index (χ3v) is 2.51. The average Bonchev–Trinajstić information content (AvgIpc) is 2.89. The van der Waals surface area contributed by atoms with Gasteiger partial charge in [0.2, 0.25) is 6.39 Å². The lowest BCUT2D eigenvalue weighted by Gasteiger charge is -2.10. The van der Waals surface area contributed by atoms with Crippen LogP contribution in [0.15, 0.2) is 29.2 Å². The zero-order valence-corrected chi connectivity index (χ0v) is 9.98. The molecule has 2 aromatic heterocycles. The van der Waals surface area contributed by atoms with Crippen LogP contribution in [-0.4, -0.2) is 15.1 Å². The van der Waals surface area contributed by atoms with Gasteiger partial charge < -0.3 is 9.84 Å². The second-order valence-electron chi connectivity index (χ2n) is 3.93. The maximum Gasteiger partial charge on any atom is 0.417 e. The standard InChI is InChI=1S/C11H11F3N4O/c1-7(10-17-6-19-18-10)15-5-9-3-2-8(4-16-9)11(12,13)14/h2-4,6-7,15H,5H2,1H3. The molecule has 1 atom stereocenters. The first-order chi connectivity index (χ1) is 8.97. The molecule has 0 saturated heterocycles. The molecule has 0 aliphatic carbocycles. The molecule has 5 nitrogen and oxygen atoms in total. The number of alkyl halides is 3. The first kappa shape index (κ1) is 13.5. The zero-order valence-electron chi connectivity index (χ0n) is 9.98. The van der Waals surface area contributed by atoms with E-state index in [0.29, 0.717) is 18.1 Å². The number of hydrogen-bond acceptors (Lipinski definition) is 5. The van der Waals surface area contributed by atoms with Crippen molar-refractivity contribution in [1.82, 2.24) is 20.4 Å². The fraction of sp³-hybridized carbons (Fsp3) is 0.364. The van der Waals surface area contributed by atoms with Gasteiger partial charge in [0.25, 0.3) is 0 Å². The van der Waals surface area contributed by atoms with Crippen LogP contribution in [-0.2, 0) is 12.7 Å². The Morgan fingerprint density at radius 2 is 2.11 bits per heavy atom. The predicted molar refractivity (Wildman–Crippen MR) is 58.8 cm³/mol. The Kier molecular flexibility index (Phi) is 3.79. The summed E-state index contributed by atoms with van der Waals surface area (Å²) >= 11 is 0. The van der Waals surface area contributed by atoms with Crippen LogP contribution in [0.2, 0.25) is 0 Å². The Bertz CT molecular complexity index is 510. The van der Waals surface area contributed by atoms with Crippen LogP contribution in [0, 0.1) is 0 Å². The van der Waals surface area contributed by atoms with E-state index in [-0.39, 0.29) is 6.04 Å². The van der Waals surface area contributed by atoms with E-state index in [1.165, 1.54) is 12.5 Å². The van der Waals surface area contributed by atoms with Gasteiger partial charge in [-0.25, -0.2) is 0 Å². The van der Waals surface area contributed by atoms with Crippen LogP contribution in [0.4, 0.5) is 13.2 Å². The van der Waals surface area contributed by atoms with E-state index < -0.39 is 11.7 Å². The molecule has 0 amide bonds. The van der Waals surface area contributed by atoms with E-state index in [4.69, 9.17) is 0 Å². The molecule has 2 aromatic rings. The van der Waals surface area contributed by atoms with Crippen molar-refractivity contribution in [3.8, 4) is 0 Å². The lowest BCUT2D eigenvalue weighted by Crippen LogP contribution is -2.20. The van der Waals surface area contributed by atoms with Crippen molar-refractivity contribution in [3.63, 3.8) is 0 Å². The highest BCUT2D eigenvalue weighted by Crippen LogP contribution is 2.28. The van der Waals surface area contributed by atoms with Gasteiger partial charge in [-0.15, -0.1) is 0 Å². The van der Waals surface area contributed by atoms with Crippen molar-refractivity contribution < 1.29 is 17.7 Å². The van der Waals surface area contributed by atoms with Gasteiger partial charge in [0, 0.05) is 12.7 Å². The number of aromatic nitrogens is 3. The van der Waals surface area contributed by atoms with Crippen LogP contribution in [0.25, 0.3) is 0 Å². The molecule has 102 valence electrons. The van der Waals surface area contributed by atoms with E-state index in [9.17, 15) is 13.2 Å². The zero-order chi connectivity index (χ0) is 13.9. The van der Waals surface area contributed by atoms with Crippen molar-refractivity contribution in [2.75, 3.05) is 0 Å². The van der Waals surface area contributed by atoms with Crippen LogP contribution >= 0.6 is 0 Å². The van der Waals surface area contributed by atoms with E-state index in [2.05, 4.69) is 25.0 Å². The molecule has 0 aromatic carbocycles. The molecule has 0 bridgehead atoms. The van der Waals surface area contributed by atoms with Crippen molar-refractivity contribution in [2.45, 2.75) is 25.7 Å². The number of hydrogen-bond donors (Lipinski definition) is 1. The number of rotatable bonds is 4. The summed E-state index contributed by atoms with van der Waals surface area (Å²) in [6.07, 6.45) is -2.34. The molecule has 0 fully saturated rings. The molecular weight excluding hydrogens is 261 g/mol. The van der Waals surface area contributed by atoms with Gasteiger partial charge in [-0.3, -0.25) is 4.98 Å². The summed E-state index contributed by atoms with van der Waals surface area (Å²) in [5.74, 6) is 0.479. The molecule has 0 aliphatic rings. The third-order valence-electron chi connectivity index (χ3n) is 2.51. The molecule has 0 aliphatic heterocycles. The Balaban J connectivity index is 1.93. The highest BCUT2D eigenvalue weighted by Gasteiger charge is 2.30. The molecular formula is C11H11F3N4O. The second-order valence-corrected chi connectivity index (χ2v) is 3.93. The molecule has 1 N–H and O–H groups in total. The van der Waals surface area contributed by atoms with Crippen LogP contribution < -0.4 is 5.32 Å². The third kappa shape index (κ3) is 3.50. The minimum absolute atomic E-state index is 0.178. The summed E-state index contributed by atoms with van der Waals surface area (Å²) < 4.78 is 41.6. The van der Waals surface area contributed by atoms with Crippen LogP contribution in [0.1, 0.15) is 30.0 Å². The Morgan fingerprint density at radius 3 is 2.63 bits per heavy atom. The quantitative estimate of drug-likeness (QED) is 0.925. The van der Waals surface area contributed by atoms with E-state index in [1.54, 1.807) is 0 Å². The lowest BCUT2D eigenvalue weighted by molar-refractivity contribution is -0.137. The Morgan fingerprint density at radius 1 is 1.32 bits per heavy atom. The summed E-state index contributed by atoms with van der Waals surface area (Å²) in [5, 5.41) is 6.69. The molecule has 0 radical (unpaired) electrons. The van der Waals surface area contributed by atoms with Crippen molar-refractivity contribution in [3.05, 3.63) is 41.8 Å². The SMILES string of the molecule is CC(NCc1ccc(C(F)(F)F)cn1)c1ncon1. The predicted octanol–water partition coefficient (Wildman–Crippen LogP) is 2.33. The average molecular weight is 272 g/mol. The number of nitrogens with zero attached hydrogens (tertiary/aromatic N) is 3. The fourth-order valence-corrected chi connectivity index (χ4v) is 1.42. The molecule has 0 spiro atoms. The minimum atomic E-state index is -4.36. The highest BCUT2D eigenvalue weighted by atomic mass is 19.4. The largest absolute Gasteiger partial charge is 0.417 e. The number of pyridine rings is 1. The normalized spacial score (nSPS) is 13.5.